The molecule has 1 aliphatic carbocycles. The zero-order chi connectivity index (χ0) is 15.0. The van der Waals surface area contributed by atoms with Gasteiger partial charge < -0.3 is 5.73 Å². The Hall–Kier alpha value is -1.84. The lowest BCUT2D eigenvalue weighted by Gasteiger charge is -2.18. The van der Waals surface area contributed by atoms with Gasteiger partial charge in [-0.25, -0.2) is 9.67 Å². The van der Waals surface area contributed by atoms with E-state index in [-0.39, 0.29) is 0 Å². The number of aromatic nitrogens is 3. The van der Waals surface area contributed by atoms with Crippen molar-refractivity contribution in [3.8, 4) is 11.4 Å². The van der Waals surface area contributed by atoms with Gasteiger partial charge in [0.1, 0.15) is 0 Å². The first kappa shape index (κ1) is 14.1. The minimum absolute atomic E-state index is 0.519. The summed E-state index contributed by atoms with van der Waals surface area (Å²) < 4.78 is 1.88. The van der Waals surface area contributed by atoms with E-state index in [9.17, 15) is 0 Å². The van der Waals surface area contributed by atoms with Crippen molar-refractivity contribution in [2.75, 3.05) is 5.73 Å². The van der Waals surface area contributed by atoms with Crippen LogP contribution in [0.5, 0.6) is 0 Å². The van der Waals surface area contributed by atoms with E-state index in [0.29, 0.717) is 5.92 Å². The first-order chi connectivity index (χ1) is 10.1. The van der Waals surface area contributed by atoms with Crippen molar-refractivity contribution < 1.29 is 0 Å². The zero-order valence-corrected chi connectivity index (χ0v) is 13.2. The Bertz CT molecular complexity index is 651. The van der Waals surface area contributed by atoms with E-state index in [1.807, 2.05) is 18.7 Å². The molecular formula is C17H24N4. The Labute approximate surface area is 126 Å². The van der Waals surface area contributed by atoms with Crippen LogP contribution in [0.25, 0.3) is 11.4 Å². The molecule has 4 nitrogen and oxygen atoms in total. The van der Waals surface area contributed by atoms with Gasteiger partial charge in [-0.2, -0.15) is 5.10 Å². The standard InChI is InChI=1S/C17H24N4/c1-11-9-12(2)15(18)14(10-11)17-19-16(20-21(17)3)13-7-5-4-6-8-13/h9-10,13H,4-8,18H2,1-3H3. The second-order valence-electron chi connectivity index (χ2n) is 6.30. The van der Waals surface area contributed by atoms with Crippen LogP contribution in [0, 0.1) is 13.8 Å². The quantitative estimate of drug-likeness (QED) is 0.855. The highest BCUT2D eigenvalue weighted by Gasteiger charge is 2.22. The second kappa shape index (κ2) is 5.51. The molecule has 1 aromatic carbocycles. The van der Waals surface area contributed by atoms with Crippen molar-refractivity contribution in [3.05, 3.63) is 29.1 Å². The van der Waals surface area contributed by atoms with E-state index in [2.05, 4.69) is 24.2 Å². The van der Waals surface area contributed by atoms with Crippen LogP contribution in [0.1, 0.15) is 55.0 Å². The average Bonchev–Trinajstić information content (AvgIpc) is 2.86. The summed E-state index contributed by atoms with van der Waals surface area (Å²) in [6.07, 6.45) is 6.37. The summed E-state index contributed by atoms with van der Waals surface area (Å²) in [6, 6.07) is 4.22. The molecule has 1 saturated carbocycles. The molecule has 0 radical (unpaired) electrons. The number of hydrogen-bond acceptors (Lipinski definition) is 3. The van der Waals surface area contributed by atoms with Crippen molar-refractivity contribution in [1.82, 2.24) is 14.8 Å². The largest absolute Gasteiger partial charge is 0.398 e. The Morgan fingerprint density at radius 3 is 2.57 bits per heavy atom. The normalized spacial score (nSPS) is 16.3. The SMILES string of the molecule is Cc1cc(C)c(N)c(-c2nc(C3CCCCC3)nn2C)c1. The van der Waals surface area contributed by atoms with Crippen LogP contribution in [0.15, 0.2) is 12.1 Å². The third-order valence-electron chi connectivity index (χ3n) is 4.52. The summed E-state index contributed by atoms with van der Waals surface area (Å²) in [5.41, 5.74) is 10.4. The summed E-state index contributed by atoms with van der Waals surface area (Å²) in [5, 5.41) is 4.66. The first-order valence-corrected chi connectivity index (χ1v) is 7.84. The van der Waals surface area contributed by atoms with Crippen LogP contribution < -0.4 is 5.73 Å². The van der Waals surface area contributed by atoms with Gasteiger partial charge in [0.05, 0.1) is 0 Å². The Kier molecular flexibility index (Phi) is 3.70. The topological polar surface area (TPSA) is 56.7 Å². The highest BCUT2D eigenvalue weighted by molar-refractivity contribution is 5.75. The van der Waals surface area contributed by atoms with E-state index in [1.54, 1.807) is 0 Å². The maximum absolute atomic E-state index is 6.26. The summed E-state index contributed by atoms with van der Waals surface area (Å²) in [6.45, 7) is 4.14. The third-order valence-corrected chi connectivity index (χ3v) is 4.52. The first-order valence-electron chi connectivity index (χ1n) is 7.84. The van der Waals surface area contributed by atoms with E-state index in [1.165, 1.54) is 37.7 Å². The number of anilines is 1. The Morgan fingerprint density at radius 2 is 1.86 bits per heavy atom. The molecule has 1 heterocycles. The van der Waals surface area contributed by atoms with Gasteiger partial charge in [0.25, 0.3) is 0 Å². The lowest BCUT2D eigenvalue weighted by Crippen LogP contribution is -2.06. The van der Waals surface area contributed by atoms with Gasteiger partial charge >= 0.3 is 0 Å². The molecule has 0 bridgehead atoms. The number of aryl methyl sites for hydroxylation is 3. The molecular weight excluding hydrogens is 260 g/mol. The Balaban J connectivity index is 2.01. The molecule has 21 heavy (non-hydrogen) atoms. The minimum atomic E-state index is 0.519. The number of nitrogens with zero attached hydrogens (tertiary/aromatic N) is 3. The van der Waals surface area contributed by atoms with Gasteiger partial charge in [0.2, 0.25) is 0 Å². The zero-order valence-electron chi connectivity index (χ0n) is 13.2. The molecule has 1 aliphatic rings. The molecule has 3 rings (SSSR count). The predicted octanol–water partition coefficient (Wildman–Crippen LogP) is 3.73. The molecule has 0 saturated heterocycles. The van der Waals surface area contributed by atoms with Gasteiger partial charge in [-0.3, -0.25) is 0 Å². The number of nitrogens with two attached hydrogens (primary N) is 1. The molecule has 1 fully saturated rings. The molecule has 4 heteroatoms. The van der Waals surface area contributed by atoms with Crippen molar-refractivity contribution in [2.45, 2.75) is 51.9 Å². The number of nitrogen functional groups attached to an aromatic ring is 1. The molecule has 2 aromatic rings. The summed E-state index contributed by atoms with van der Waals surface area (Å²) in [4.78, 5) is 4.82. The molecule has 2 N–H and O–H groups in total. The lowest BCUT2D eigenvalue weighted by molar-refractivity contribution is 0.427. The van der Waals surface area contributed by atoms with Gasteiger partial charge in [-0.15, -0.1) is 0 Å². The number of hydrogen-bond donors (Lipinski definition) is 1. The predicted molar refractivity (Wildman–Crippen MR) is 86.2 cm³/mol. The second-order valence-corrected chi connectivity index (χ2v) is 6.30. The van der Waals surface area contributed by atoms with Crippen LogP contribution in [-0.2, 0) is 7.05 Å². The average molecular weight is 284 g/mol. The maximum Gasteiger partial charge on any atom is 0.160 e. The summed E-state index contributed by atoms with van der Waals surface area (Å²) >= 11 is 0. The van der Waals surface area contributed by atoms with Crippen LogP contribution in [0.2, 0.25) is 0 Å². The van der Waals surface area contributed by atoms with Crippen LogP contribution in [0.4, 0.5) is 5.69 Å². The van der Waals surface area contributed by atoms with Crippen molar-refractivity contribution >= 4 is 5.69 Å². The van der Waals surface area contributed by atoms with E-state index < -0.39 is 0 Å². The summed E-state index contributed by atoms with van der Waals surface area (Å²) in [7, 11) is 1.96. The van der Waals surface area contributed by atoms with Gasteiger partial charge in [0.15, 0.2) is 11.6 Å². The van der Waals surface area contributed by atoms with Crippen LogP contribution >= 0.6 is 0 Å². The minimum Gasteiger partial charge on any atom is -0.398 e. The van der Waals surface area contributed by atoms with Crippen molar-refractivity contribution in [2.24, 2.45) is 7.05 Å². The third kappa shape index (κ3) is 2.67. The fourth-order valence-electron chi connectivity index (χ4n) is 3.34. The highest BCUT2D eigenvalue weighted by atomic mass is 15.3. The van der Waals surface area contributed by atoms with Crippen molar-refractivity contribution in [3.63, 3.8) is 0 Å². The molecule has 0 unspecified atom stereocenters. The fraction of sp³-hybridized carbons (Fsp3) is 0.529. The van der Waals surface area contributed by atoms with E-state index >= 15 is 0 Å². The maximum atomic E-state index is 6.26. The number of rotatable bonds is 2. The van der Waals surface area contributed by atoms with Gasteiger partial charge in [0, 0.05) is 24.2 Å². The van der Waals surface area contributed by atoms with E-state index in [0.717, 1.165) is 28.5 Å². The van der Waals surface area contributed by atoms with Crippen LogP contribution in [0.3, 0.4) is 0 Å². The smallest absolute Gasteiger partial charge is 0.160 e. The monoisotopic (exact) mass is 284 g/mol. The Morgan fingerprint density at radius 1 is 1.14 bits per heavy atom. The van der Waals surface area contributed by atoms with E-state index in [4.69, 9.17) is 10.7 Å². The molecule has 0 spiro atoms. The fourth-order valence-corrected chi connectivity index (χ4v) is 3.34. The van der Waals surface area contributed by atoms with Gasteiger partial charge in [-0.05, 0) is 43.9 Å². The van der Waals surface area contributed by atoms with Gasteiger partial charge in [-0.1, -0.05) is 25.3 Å². The lowest BCUT2D eigenvalue weighted by atomic mass is 9.89. The molecule has 1 aromatic heterocycles. The molecule has 112 valence electrons. The summed E-state index contributed by atoms with van der Waals surface area (Å²) in [5.74, 6) is 2.40. The van der Waals surface area contributed by atoms with Crippen molar-refractivity contribution in [1.29, 1.82) is 0 Å². The molecule has 0 aliphatic heterocycles. The number of benzene rings is 1. The molecule has 0 atom stereocenters. The highest BCUT2D eigenvalue weighted by Crippen LogP contribution is 2.33. The van der Waals surface area contributed by atoms with Crippen LogP contribution in [-0.4, -0.2) is 14.8 Å². The molecule has 0 amide bonds.